The summed E-state index contributed by atoms with van der Waals surface area (Å²) >= 11 is 63.0. The minimum absolute atomic E-state index is 0.0363. The predicted molar refractivity (Wildman–Crippen MR) is 269 cm³/mol. The van der Waals surface area contributed by atoms with Gasteiger partial charge < -0.3 is 0 Å². The van der Waals surface area contributed by atoms with Crippen LogP contribution in [0.5, 0.6) is 0 Å². The predicted octanol–water partition coefficient (Wildman–Crippen LogP) is 27.4. The molecule has 0 aliphatic heterocycles. The smallest absolute Gasteiger partial charge is 0.166 e. The summed E-state index contributed by atoms with van der Waals surface area (Å²) in [5, 5.41) is -7.75. The standard InChI is InChI=1S/3C8H2Cl2F6.C8H5Cl2F3.2C7H3Cl2F3/c9-5-1-3(7(11,12)13)6(10)2-4(5)8(14,15)16;9-4-1-3(7(11,12)13)2-5(10)6(4)8(14,15)16;9-4-2-1-3(7(11,12)13)6(10)5(4)8(14,15)16;1-4-2-5(9)3-6(7(4)10)8(11,12)13;8-4-1-2-5(6(9)3-4)7(10,11)12;8-4-2-1-3-5(9)6(4)7(10,11)12/h3*1-2H;2-3H,1H3;2*1-3H. The first-order chi connectivity index (χ1) is 37.8. The Kier molecular flexibility index (Phi) is 28.3. The van der Waals surface area contributed by atoms with Crippen molar-refractivity contribution in [2.45, 2.75) is 62.5 Å². The zero-order valence-electron chi connectivity index (χ0n) is 39.3. The van der Waals surface area contributed by atoms with Crippen LogP contribution < -0.4 is 0 Å². The van der Waals surface area contributed by atoms with Crippen LogP contribution in [0.3, 0.4) is 0 Å². The molecule has 0 saturated heterocycles. The van der Waals surface area contributed by atoms with E-state index in [9.17, 15) is 119 Å². The molecule has 0 unspecified atom stereocenters. The van der Waals surface area contributed by atoms with E-state index in [2.05, 4.69) is 0 Å². The van der Waals surface area contributed by atoms with Crippen LogP contribution in [0.4, 0.5) is 119 Å². The molecule has 6 aromatic rings. The molecule has 0 fully saturated rings. The highest BCUT2D eigenvalue weighted by Gasteiger charge is 2.44. The minimum atomic E-state index is -5.03. The first kappa shape index (κ1) is 79.9. The van der Waals surface area contributed by atoms with Gasteiger partial charge in [0.25, 0.3) is 0 Å². The molecule has 0 aliphatic carbocycles. The van der Waals surface area contributed by atoms with Gasteiger partial charge in [-0.15, -0.1) is 0 Å². The quantitative estimate of drug-likeness (QED) is 0.133. The third kappa shape index (κ3) is 24.7. The normalized spacial score (nSPS) is 12.5. The first-order valence-electron chi connectivity index (χ1n) is 20.2. The molecule has 474 valence electrons. The van der Waals surface area contributed by atoms with Gasteiger partial charge in [0.05, 0.1) is 100 Å². The molecule has 0 aromatic heterocycles. The molecule has 6 rings (SSSR count). The number of benzene rings is 6. The summed E-state index contributed by atoms with van der Waals surface area (Å²) in [5.41, 5.74) is -11.2. The van der Waals surface area contributed by atoms with Gasteiger partial charge in [-0.05, 0) is 91.3 Å². The molecule has 39 heteroatoms. The molecule has 6 aromatic carbocycles. The van der Waals surface area contributed by atoms with E-state index in [0.29, 0.717) is 17.7 Å². The Bertz CT molecular complexity index is 3160. The van der Waals surface area contributed by atoms with Crippen molar-refractivity contribution >= 4 is 139 Å². The number of hydrogen-bond acceptors (Lipinski definition) is 0. The Hall–Kier alpha value is -3.09. The largest absolute Gasteiger partial charge is 0.419 e. The summed E-state index contributed by atoms with van der Waals surface area (Å²) in [4.78, 5) is 0. The van der Waals surface area contributed by atoms with Crippen LogP contribution in [0.2, 0.25) is 60.3 Å². The second-order valence-electron chi connectivity index (χ2n) is 15.2. The van der Waals surface area contributed by atoms with E-state index in [1.807, 2.05) is 0 Å². The lowest BCUT2D eigenvalue weighted by atomic mass is 10.1. The van der Waals surface area contributed by atoms with Gasteiger partial charge >= 0.3 is 55.6 Å². The van der Waals surface area contributed by atoms with Crippen molar-refractivity contribution in [3.63, 3.8) is 0 Å². The summed E-state index contributed by atoms with van der Waals surface area (Å²) in [6.45, 7) is 1.48. The number of hydrogen-bond donors (Lipinski definition) is 0. The van der Waals surface area contributed by atoms with Crippen molar-refractivity contribution in [3.05, 3.63) is 201 Å². The molecule has 85 heavy (non-hydrogen) atoms. The SMILES string of the molecule is Cc1cc(Cl)cc(C(F)(F)F)c1Cl.FC(F)(F)c1c(Cl)cccc1Cl.FC(F)(F)c1cc(Cl)c(C(F)(F)F)c(Cl)c1.FC(F)(F)c1cc(Cl)c(C(F)(F)F)cc1Cl.FC(F)(F)c1ccc(Cl)c(C(F)(F)F)c1Cl.FC(F)(F)c1ccc(Cl)cc1Cl. The average Bonchev–Trinajstić information content (AvgIpc) is 3.40. The van der Waals surface area contributed by atoms with Crippen molar-refractivity contribution in [2.75, 3.05) is 0 Å². The topological polar surface area (TPSA) is 0 Å². The first-order valence-corrected chi connectivity index (χ1v) is 24.8. The summed E-state index contributed by atoms with van der Waals surface area (Å²) in [5.74, 6) is 0. The minimum Gasteiger partial charge on any atom is -0.166 e. The number of aryl methyl sites for hydroxylation is 1. The lowest BCUT2D eigenvalue weighted by Crippen LogP contribution is -2.13. The Balaban J connectivity index is 0.000000512. The molecule has 0 aliphatic rings. The van der Waals surface area contributed by atoms with Gasteiger partial charge in [0.1, 0.15) is 0 Å². The van der Waals surface area contributed by atoms with Crippen molar-refractivity contribution in [1.29, 1.82) is 0 Å². The summed E-state index contributed by atoms with van der Waals surface area (Å²) in [7, 11) is 0. The van der Waals surface area contributed by atoms with Crippen LogP contribution in [0.1, 0.15) is 55.6 Å². The maximum Gasteiger partial charge on any atom is 0.419 e. The van der Waals surface area contributed by atoms with Crippen LogP contribution >= 0.6 is 139 Å². The Morgan fingerprint density at radius 3 is 0.882 bits per heavy atom. The zero-order valence-corrected chi connectivity index (χ0v) is 48.4. The molecule has 0 atom stereocenters. The lowest BCUT2D eigenvalue weighted by molar-refractivity contribution is -0.143. The van der Waals surface area contributed by atoms with Gasteiger partial charge in [-0.25, -0.2) is 0 Å². The fourth-order valence-corrected chi connectivity index (χ4v) is 8.99. The molecule has 0 spiro atoms. The van der Waals surface area contributed by atoms with Gasteiger partial charge in [0.2, 0.25) is 0 Å². The highest BCUT2D eigenvalue weighted by Crippen LogP contribution is 2.48. The molecule has 0 radical (unpaired) electrons. The molecule has 0 nitrogen and oxygen atoms in total. The van der Waals surface area contributed by atoms with E-state index in [0.717, 1.165) is 36.4 Å². The van der Waals surface area contributed by atoms with Crippen molar-refractivity contribution < 1.29 is 119 Å². The Morgan fingerprint density at radius 1 is 0.235 bits per heavy atom. The van der Waals surface area contributed by atoms with Crippen LogP contribution in [-0.4, -0.2) is 0 Å². The maximum absolute atomic E-state index is 12.3. The van der Waals surface area contributed by atoms with Crippen LogP contribution in [0, 0.1) is 6.92 Å². The van der Waals surface area contributed by atoms with Gasteiger partial charge in [-0.3, -0.25) is 0 Å². The summed E-state index contributed by atoms with van der Waals surface area (Å²) in [6, 6.07) is 10.5. The third-order valence-electron chi connectivity index (χ3n) is 9.01. The number of alkyl halides is 27. The third-order valence-corrected chi connectivity index (χ3v) is 12.8. The van der Waals surface area contributed by atoms with Crippen molar-refractivity contribution in [2.24, 2.45) is 0 Å². The van der Waals surface area contributed by atoms with Gasteiger partial charge in [-0.2, -0.15) is 119 Å². The van der Waals surface area contributed by atoms with E-state index in [1.165, 1.54) is 19.1 Å². The highest BCUT2D eigenvalue weighted by molar-refractivity contribution is 6.38. The fourth-order valence-electron chi connectivity index (χ4n) is 5.44. The summed E-state index contributed by atoms with van der Waals surface area (Å²) in [6.07, 6.45) is -42.7. The zero-order chi connectivity index (χ0) is 67.1. The van der Waals surface area contributed by atoms with E-state index in [-0.39, 0.29) is 54.4 Å². The van der Waals surface area contributed by atoms with Gasteiger partial charge in [0.15, 0.2) is 0 Å². The van der Waals surface area contributed by atoms with Gasteiger partial charge in [0, 0.05) is 10.0 Å². The van der Waals surface area contributed by atoms with Crippen LogP contribution in [0.25, 0.3) is 0 Å². The molecule has 0 amide bonds. The molecule has 0 heterocycles. The molecular formula is C46H17Cl12F27. The van der Waals surface area contributed by atoms with E-state index < -0.39 is 136 Å². The van der Waals surface area contributed by atoms with E-state index in [1.54, 1.807) is 0 Å². The fraction of sp³-hybridized carbons (Fsp3) is 0.217. The number of halogens is 39. The monoisotopic (exact) mass is 1500 g/mol. The molecule has 0 N–H and O–H groups in total. The van der Waals surface area contributed by atoms with Gasteiger partial charge in [-0.1, -0.05) is 145 Å². The molecule has 0 bridgehead atoms. The van der Waals surface area contributed by atoms with Crippen molar-refractivity contribution in [3.8, 4) is 0 Å². The average molecular weight is 1510 g/mol. The highest BCUT2D eigenvalue weighted by atomic mass is 35.5. The van der Waals surface area contributed by atoms with Crippen molar-refractivity contribution in [1.82, 2.24) is 0 Å². The summed E-state index contributed by atoms with van der Waals surface area (Å²) < 4.78 is 330. The maximum atomic E-state index is 12.3. The Labute approximate surface area is 518 Å². The van der Waals surface area contributed by atoms with Crippen LogP contribution in [-0.2, 0) is 55.6 Å². The Morgan fingerprint density at radius 2 is 0.565 bits per heavy atom. The lowest BCUT2D eigenvalue weighted by Gasteiger charge is -2.15. The number of rotatable bonds is 0. The van der Waals surface area contributed by atoms with E-state index >= 15 is 0 Å². The molecule has 0 saturated carbocycles. The molecular weight excluding hydrogens is 1490 g/mol. The second-order valence-corrected chi connectivity index (χ2v) is 20.1. The van der Waals surface area contributed by atoms with E-state index in [4.69, 9.17) is 139 Å². The van der Waals surface area contributed by atoms with Crippen LogP contribution in [0.15, 0.2) is 84.9 Å². The second kappa shape index (κ2) is 30.1.